The summed E-state index contributed by atoms with van der Waals surface area (Å²) in [6.45, 7) is 0.229. The van der Waals surface area contributed by atoms with Gasteiger partial charge in [0.1, 0.15) is 0 Å². The first-order chi connectivity index (χ1) is 8.34. The van der Waals surface area contributed by atoms with Gasteiger partial charge in [-0.2, -0.15) is 13.2 Å². The van der Waals surface area contributed by atoms with Crippen LogP contribution in [-0.2, 0) is 10.9 Å². The molecule has 0 amide bonds. The summed E-state index contributed by atoms with van der Waals surface area (Å²) in [6, 6.07) is 3.63. The second-order valence-corrected chi connectivity index (χ2v) is 3.92. The van der Waals surface area contributed by atoms with Crippen LogP contribution >= 0.6 is 0 Å². The summed E-state index contributed by atoms with van der Waals surface area (Å²) in [7, 11) is 1.46. The highest BCUT2D eigenvalue weighted by Crippen LogP contribution is 2.29. The van der Waals surface area contributed by atoms with E-state index < -0.39 is 17.8 Å². The third kappa shape index (κ3) is 4.12. The molecule has 0 aliphatic rings. The molecule has 0 radical (unpaired) electrons. The normalized spacial score (nSPS) is 13.4. The van der Waals surface area contributed by atoms with Crippen LogP contribution in [0.2, 0.25) is 0 Å². The lowest BCUT2D eigenvalue weighted by Crippen LogP contribution is -2.28. The number of rotatable bonds is 5. The molecule has 1 aromatic carbocycles. The molecule has 3 nitrogen and oxygen atoms in total. The quantitative estimate of drug-likeness (QED) is 0.827. The minimum Gasteiger partial charge on any atom is -0.383 e. The molecule has 0 fully saturated rings. The number of ketones is 1. The van der Waals surface area contributed by atoms with E-state index in [0.717, 1.165) is 24.3 Å². The lowest BCUT2D eigenvalue weighted by molar-refractivity contribution is -0.137. The van der Waals surface area contributed by atoms with Crippen LogP contribution in [0.25, 0.3) is 0 Å². The summed E-state index contributed by atoms with van der Waals surface area (Å²) >= 11 is 0. The molecule has 0 heterocycles. The zero-order chi connectivity index (χ0) is 13.8. The Hall–Kier alpha value is -1.40. The number of methoxy groups -OCH3 is 1. The Bertz CT molecular complexity index is 401. The van der Waals surface area contributed by atoms with Crippen LogP contribution in [0.3, 0.4) is 0 Å². The van der Waals surface area contributed by atoms with Gasteiger partial charge in [-0.1, -0.05) is 12.1 Å². The van der Waals surface area contributed by atoms with E-state index in [-0.39, 0.29) is 24.4 Å². The van der Waals surface area contributed by atoms with Crippen LogP contribution < -0.4 is 5.73 Å². The third-order valence-electron chi connectivity index (χ3n) is 2.36. The molecule has 1 rings (SSSR count). The molecule has 0 bridgehead atoms. The van der Waals surface area contributed by atoms with Crippen molar-refractivity contribution in [1.29, 1.82) is 0 Å². The predicted octanol–water partition coefficient (Wildman–Crippen LogP) is 2.25. The highest BCUT2D eigenvalue weighted by Gasteiger charge is 2.30. The van der Waals surface area contributed by atoms with Crippen LogP contribution in [0.5, 0.6) is 0 Å². The van der Waals surface area contributed by atoms with Crippen LogP contribution in [0.1, 0.15) is 22.3 Å². The van der Waals surface area contributed by atoms with Crippen molar-refractivity contribution in [2.45, 2.75) is 18.6 Å². The van der Waals surface area contributed by atoms with Crippen LogP contribution in [-0.4, -0.2) is 25.5 Å². The van der Waals surface area contributed by atoms with Crippen molar-refractivity contribution in [3.8, 4) is 0 Å². The molecule has 0 spiro atoms. The van der Waals surface area contributed by atoms with Crippen LogP contribution in [0, 0.1) is 0 Å². The van der Waals surface area contributed by atoms with Gasteiger partial charge in [0.25, 0.3) is 0 Å². The van der Waals surface area contributed by atoms with Crippen LogP contribution in [0.15, 0.2) is 24.3 Å². The molecule has 0 aliphatic heterocycles. The van der Waals surface area contributed by atoms with Gasteiger partial charge in [-0.05, 0) is 12.1 Å². The van der Waals surface area contributed by atoms with Crippen molar-refractivity contribution < 1.29 is 22.7 Å². The van der Waals surface area contributed by atoms with E-state index in [9.17, 15) is 18.0 Å². The zero-order valence-corrected chi connectivity index (χ0v) is 9.83. The summed E-state index contributed by atoms with van der Waals surface area (Å²) in [5, 5.41) is 0. The van der Waals surface area contributed by atoms with Crippen LogP contribution in [0.4, 0.5) is 13.2 Å². The average Bonchev–Trinajstić information content (AvgIpc) is 2.28. The average molecular weight is 261 g/mol. The monoisotopic (exact) mass is 261 g/mol. The highest BCUT2D eigenvalue weighted by molar-refractivity contribution is 5.96. The van der Waals surface area contributed by atoms with Gasteiger partial charge >= 0.3 is 6.18 Å². The summed E-state index contributed by atoms with van der Waals surface area (Å²) < 4.78 is 41.7. The molecule has 1 atom stereocenters. The lowest BCUT2D eigenvalue weighted by atomic mass is 10.0. The zero-order valence-electron chi connectivity index (χ0n) is 9.83. The van der Waals surface area contributed by atoms with Gasteiger partial charge in [-0.3, -0.25) is 4.79 Å². The lowest BCUT2D eigenvalue weighted by Gasteiger charge is -2.10. The number of nitrogens with two attached hydrogens (primary N) is 1. The van der Waals surface area contributed by atoms with Gasteiger partial charge in [0.2, 0.25) is 0 Å². The largest absolute Gasteiger partial charge is 0.416 e. The standard InChI is InChI=1S/C12H14F3NO2/c1-18-7-10(16)6-11(17)8-2-4-9(5-3-8)12(13,14)15/h2-5,10H,6-7,16H2,1H3. The molecule has 0 aliphatic carbocycles. The van der Waals surface area contributed by atoms with E-state index in [2.05, 4.69) is 0 Å². The predicted molar refractivity (Wildman–Crippen MR) is 60.2 cm³/mol. The van der Waals surface area contributed by atoms with E-state index >= 15 is 0 Å². The van der Waals surface area contributed by atoms with Gasteiger partial charge in [0.15, 0.2) is 5.78 Å². The Morgan fingerprint density at radius 2 is 1.89 bits per heavy atom. The van der Waals surface area contributed by atoms with Crippen molar-refractivity contribution in [3.05, 3.63) is 35.4 Å². The number of hydrogen-bond acceptors (Lipinski definition) is 3. The number of Topliss-reactive ketones (excluding diaryl/α,β-unsaturated/α-hetero) is 1. The number of carbonyl (C=O) groups is 1. The second kappa shape index (κ2) is 5.97. The Balaban J connectivity index is 2.71. The van der Waals surface area contributed by atoms with E-state index in [1.54, 1.807) is 0 Å². The summed E-state index contributed by atoms with van der Waals surface area (Å²) in [5.74, 6) is -0.298. The number of carbonyl (C=O) groups excluding carboxylic acids is 1. The van der Waals surface area contributed by atoms with Crippen molar-refractivity contribution in [2.75, 3.05) is 13.7 Å². The molecule has 0 aromatic heterocycles. The minimum atomic E-state index is -4.39. The maximum Gasteiger partial charge on any atom is 0.416 e. The van der Waals surface area contributed by atoms with Gasteiger partial charge < -0.3 is 10.5 Å². The molecular weight excluding hydrogens is 247 g/mol. The van der Waals surface area contributed by atoms with Gasteiger partial charge in [0.05, 0.1) is 12.2 Å². The Morgan fingerprint density at radius 1 is 1.33 bits per heavy atom. The topological polar surface area (TPSA) is 52.3 Å². The maximum atomic E-state index is 12.3. The SMILES string of the molecule is COCC(N)CC(=O)c1ccc(C(F)(F)F)cc1. The fourth-order valence-corrected chi connectivity index (χ4v) is 1.47. The summed E-state index contributed by atoms with van der Waals surface area (Å²) in [5.41, 5.74) is 5.04. The number of halogens is 3. The van der Waals surface area contributed by atoms with E-state index in [4.69, 9.17) is 10.5 Å². The van der Waals surface area contributed by atoms with Crippen molar-refractivity contribution in [2.24, 2.45) is 5.73 Å². The van der Waals surface area contributed by atoms with E-state index in [1.165, 1.54) is 7.11 Å². The molecule has 6 heteroatoms. The number of hydrogen-bond donors (Lipinski definition) is 1. The molecular formula is C12H14F3NO2. The van der Waals surface area contributed by atoms with Gasteiger partial charge in [-0.15, -0.1) is 0 Å². The smallest absolute Gasteiger partial charge is 0.383 e. The molecule has 2 N–H and O–H groups in total. The van der Waals surface area contributed by atoms with Gasteiger partial charge in [-0.25, -0.2) is 0 Å². The molecule has 18 heavy (non-hydrogen) atoms. The number of benzene rings is 1. The fourth-order valence-electron chi connectivity index (χ4n) is 1.47. The molecule has 1 aromatic rings. The number of alkyl halides is 3. The first kappa shape index (κ1) is 14.7. The Labute approximate surface area is 103 Å². The van der Waals surface area contributed by atoms with Gasteiger partial charge in [0, 0.05) is 25.1 Å². The number of ether oxygens (including phenoxy) is 1. The molecule has 0 saturated carbocycles. The minimum absolute atomic E-state index is 0.0409. The molecule has 0 saturated heterocycles. The second-order valence-electron chi connectivity index (χ2n) is 3.92. The fraction of sp³-hybridized carbons (Fsp3) is 0.417. The summed E-state index contributed by atoms with van der Waals surface area (Å²) in [6.07, 6.45) is -4.35. The highest BCUT2D eigenvalue weighted by atomic mass is 19.4. The van der Waals surface area contributed by atoms with E-state index in [0.29, 0.717) is 0 Å². The van der Waals surface area contributed by atoms with E-state index in [1.807, 2.05) is 0 Å². The van der Waals surface area contributed by atoms with Crippen molar-refractivity contribution >= 4 is 5.78 Å². The third-order valence-corrected chi connectivity index (χ3v) is 2.36. The first-order valence-electron chi connectivity index (χ1n) is 5.29. The van der Waals surface area contributed by atoms with Crippen molar-refractivity contribution in [3.63, 3.8) is 0 Å². The summed E-state index contributed by atoms with van der Waals surface area (Å²) in [4.78, 5) is 11.7. The Morgan fingerprint density at radius 3 is 2.33 bits per heavy atom. The molecule has 1 unspecified atom stereocenters. The Kier molecular flexibility index (Phi) is 4.86. The van der Waals surface area contributed by atoms with Crippen molar-refractivity contribution in [1.82, 2.24) is 0 Å². The molecule has 100 valence electrons. The maximum absolute atomic E-state index is 12.3. The first-order valence-corrected chi connectivity index (χ1v) is 5.29.